The lowest BCUT2D eigenvalue weighted by Crippen LogP contribution is -2.24. The molecule has 3 nitrogen and oxygen atoms in total. The van der Waals surface area contributed by atoms with Crippen LogP contribution in [-0.4, -0.2) is 28.1 Å². The molecule has 0 radical (unpaired) electrons. The average molecular weight is 244 g/mol. The smallest absolute Gasteiger partial charge is 0.139 e. The molecule has 1 aromatic heterocycles. The van der Waals surface area contributed by atoms with Crippen molar-refractivity contribution in [2.45, 2.75) is 32.2 Å². The number of rotatable bonds is 2. The fraction of sp³-hybridized carbons (Fsp3) is 0.467. The van der Waals surface area contributed by atoms with E-state index in [2.05, 4.69) is 16.0 Å². The number of aromatic amines is 1. The Labute approximate surface area is 107 Å². The lowest BCUT2D eigenvalue weighted by atomic mass is 10.2. The number of benzene rings is 1. The molecular weight excluding hydrogens is 224 g/mol. The van der Waals surface area contributed by atoms with Crippen LogP contribution in [0.4, 0.5) is 0 Å². The second-order valence-corrected chi connectivity index (χ2v) is 5.23. The second kappa shape index (κ2) is 5.02. The van der Waals surface area contributed by atoms with Gasteiger partial charge in [0.05, 0.1) is 5.52 Å². The molecule has 1 aromatic carbocycles. The first-order valence-electron chi connectivity index (χ1n) is 6.85. The minimum Gasteiger partial charge on any atom is -0.506 e. The molecule has 0 bridgehead atoms. The summed E-state index contributed by atoms with van der Waals surface area (Å²) in [6.45, 7) is 3.36. The van der Waals surface area contributed by atoms with E-state index in [0.29, 0.717) is 5.75 Å². The van der Waals surface area contributed by atoms with Gasteiger partial charge in [-0.1, -0.05) is 25.0 Å². The number of fused-ring (bicyclic) bond motifs is 1. The predicted octanol–water partition coefficient (Wildman–Crippen LogP) is 3.25. The van der Waals surface area contributed by atoms with Crippen LogP contribution in [0.1, 0.15) is 31.4 Å². The average Bonchev–Trinajstić information content (AvgIpc) is 2.60. The van der Waals surface area contributed by atoms with Crippen molar-refractivity contribution in [2.75, 3.05) is 13.1 Å². The van der Waals surface area contributed by atoms with Crippen molar-refractivity contribution < 1.29 is 5.11 Å². The van der Waals surface area contributed by atoms with Crippen LogP contribution in [0.5, 0.6) is 5.75 Å². The van der Waals surface area contributed by atoms with E-state index >= 15 is 0 Å². The van der Waals surface area contributed by atoms with Gasteiger partial charge in [0.2, 0.25) is 0 Å². The molecule has 18 heavy (non-hydrogen) atoms. The number of para-hydroxylation sites is 1. The minimum atomic E-state index is 0.342. The van der Waals surface area contributed by atoms with Gasteiger partial charge in [0.15, 0.2) is 0 Å². The number of aromatic hydroxyl groups is 1. The van der Waals surface area contributed by atoms with Crippen molar-refractivity contribution in [1.82, 2.24) is 9.88 Å². The molecular formula is C15H20N2O. The second-order valence-electron chi connectivity index (χ2n) is 5.23. The van der Waals surface area contributed by atoms with Gasteiger partial charge in [0.1, 0.15) is 5.75 Å². The van der Waals surface area contributed by atoms with Crippen molar-refractivity contribution >= 4 is 10.9 Å². The Hall–Kier alpha value is -1.48. The van der Waals surface area contributed by atoms with Crippen molar-refractivity contribution in [3.63, 3.8) is 0 Å². The van der Waals surface area contributed by atoms with E-state index in [0.717, 1.165) is 17.4 Å². The Bertz CT molecular complexity index is 524. The molecule has 1 aliphatic heterocycles. The van der Waals surface area contributed by atoms with Crippen molar-refractivity contribution in [3.8, 4) is 5.75 Å². The van der Waals surface area contributed by atoms with Gasteiger partial charge in [0.25, 0.3) is 0 Å². The summed E-state index contributed by atoms with van der Waals surface area (Å²) in [6, 6.07) is 7.81. The van der Waals surface area contributed by atoms with Gasteiger partial charge < -0.3 is 10.1 Å². The number of hydrogen-bond donors (Lipinski definition) is 2. The number of hydrogen-bond acceptors (Lipinski definition) is 2. The zero-order valence-electron chi connectivity index (χ0n) is 10.7. The fourth-order valence-corrected chi connectivity index (χ4v) is 2.82. The molecule has 2 N–H and O–H groups in total. The van der Waals surface area contributed by atoms with E-state index in [1.807, 2.05) is 12.1 Å². The summed E-state index contributed by atoms with van der Waals surface area (Å²) >= 11 is 0. The SMILES string of the molecule is Oc1cccc2cc(CN3CCCCCC3)[nH]c12. The summed E-state index contributed by atoms with van der Waals surface area (Å²) in [4.78, 5) is 5.85. The van der Waals surface area contributed by atoms with Crippen LogP contribution >= 0.6 is 0 Å². The van der Waals surface area contributed by atoms with Crippen molar-refractivity contribution in [3.05, 3.63) is 30.0 Å². The predicted molar refractivity (Wildman–Crippen MR) is 73.7 cm³/mol. The van der Waals surface area contributed by atoms with E-state index in [1.165, 1.54) is 44.5 Å². The quantitative estimate of drug-likeness (QED) is 0.851. The summed E-state index contributed by atoms with van der Waals surface area (Å²) < 4.78 is 0. The molecule has 0 aliphatic carbocycles. The zero-order chi connectivity index (χ0) is 12.4. The number of H-pyrrole nitrogens is 1. The van der Waals surface area contributed by atoms with E-state index in [9.17, 15) is 5.11 Å². The first-order valence-corrected chi connectivity index (χ1v) is 6.85. The van der Waals surface area contributed by atoms with Crippen LogP contribution in [0.3, 0.4) is 0 Å². The summed E-state index contributed by atoms with van der Waals surface area (Å²) in [5.41, 5.74) is 2.07. The summed E-state index contributed by atoms with van der Waals surface area (Å²) in [5, 5.41) is 10.9. The van der Waals surface area contributed by atoms with Crippen LogP contribution in [0, 0.1) is 0 Å². The molecule has 2 heterocycles. The summed E-state index contributed by atoms with van der Waals surface area (Å²) in [5.74, 6) is 0.342. The molecule has 0 spiro atoms. The Morgan fingerprint density at radius 3 is 2.61 bits per heavy atom. The van der Waals surface area contributed by atoms with Gasteiger partial charge in [0, 0.05) is 17.6 Å². The standard InChI is InChI=1S/C15H20N2O/c18-14-7-5-6-12-10-13(16-15(12)14)11-17-8-3-1-2-4-9-17/h5-7,10,16,18H,1-4,8-9,11H2. The maximum absolute atomic E-state index is 9.79. The Kier molecular flexibility index (Phi) is 3.24. The van der Waals surface area contributed by atoms with Gasteiger partial charge >= 0.3 is 0 Å². The molecule has 2 aromatic rings. The zero-order valence-corrected chi connectivity index (χ0v) is 10.7. The molecule has 96 valence electrons. The molecule has 0 saturated carbocycles. The Balaban J connectivity index is 1.79. The number of aromatic nitrogens is 1. The number of likely N-dealkylation sites (tertiary alicyclic amines) is 1. The van der Waals surface area contributed by atoms with Gasteiger partial charge in [-0.05, 0) is 38.1 Å². The molecule has 0 unspecified atom stereocenters. The summed E-state index contributed by atoms with van der Waals surface area (Å²) in [7, 11) is 0. The van der Waals surface area contributed by atoms with Gasteiger partial charge in [-0.3, -0.25) is 4.90 Å². The fourth-order valence-electron chi connectivity index (χ4n) is 2.82. The maximum Gasteiger partial charge on any atom is 0.139 e. The maximum atomic E-state index is 9.79. The monoisotopic (exact) mass is 244 g/mol. The highest BCUT2D eigenvalue weighted by Gasteiger charge is 2.11. The molecule has 1 aliphatic rings. The highest BCUT2D eigenvalue weighted by molar-refractivity contribution is 5.85. The van der Waals surface area contributed by atoms with Crippen LogP contribution in [0.15, 0.2) is 24.3 Å². The van der Waals surface area contributed by atoms with Gasteiger partial charge in [-0.2, -0.15) is 0 Å². The lowest BCUT2D eigenvalue weighted by Gasteiger charge is -2.18. The normalized spacial score (nSPS) is 18.0. The van der Waals surface area contributed by atoms with Crippen molar-refractivity contribution in [2.24, 2.45) is 0 Å². The van der Waals surface area contributed by atoms with E-state index in [1.54, 1.807) is 6.07 Å². The van der Waals surface area contributed by atoms with E-state index < -0.39 is 0 Å². The molecule has 0 atom stereocenters. The third kappa shape index (κ3) is 2.36. The minimum absolute atomic E-state index is 0.342. The lowest BCUT2D eigenvalue weighted by molar-refractivity contribution is 0.274. The van der Waals surface area contributed by atoms with Crippen molar-refractivity contribution in [1.29, 1.82) is 0 Å². The molecule has 1 saturated heterocycles. The Morgan fingerprint density at radius 2 is 1.89 bits per heavy atom. The van der Waals surface area contributed by atoms with Crippen LogP contribution in [0.2, 0.25) is 0 Å². The van der Waals surface area contributed by atoms with Crippen LogP contribution in [-0.2, 0) is 6.54 Å². The summed E-state index contributed by atoms with van der Waals surface area (Å²) in [6.07, 6.45) is 5.35. The third-order valence-electron chi connectivity index (χ3n) is 3.78. The highest BCUT2D eigenvalue weighted by atomic mass is 16.3. The van der Waals surface area contributed by atoms with Crippen LogP contribution < -0.4 is 0 Å². The number of nitrogens with zero attached hydrogens (tertiary/aromatic N) is 1. The van der Waals surface area contributed by atoms with Gasteiger partial charge in [-0.15, -0.1) is 0 Å². The van der Waals surface area contributed by atoms with E-state index in [4.69, 9.17) is 0 Å². The highest BCUT2D eigenvalue weighted by Crippen LogP contribution is 2.25. The molecule has 1 fully saturated rings. The molecule has 0 amide bonds. The number of phenols is 1. The first-order chi connectivity index (χ1) is 8.83. The largest absolute Gasteiger partial charge is 0.506 e. The van der Waals surface area contributed by atoms with Gasteiger partial charge in [-0.25, -0.2) is 0 Å². The topological polar surface area (TPSA) is 39.3 Å². The molecule has 3 heteroatoms. The number of nitrogens with one attached hydrogen (secondary N) is 1. The third-order valence-corrected chi connectivity index (χ3v) is 3.78. The Morgan fingerprint density at radius 1 is 1.11 bits per heavy atom. The number of phenolic OH excluding ortho intramolecular Hbond substituents is 1. The molecule has 3 rings (SSSR count). The first kappa shape index (κ1) is 11.6. The van der Waals surface area contributed by atoms with E-state index in [-0.39, 0.29) is 0 Å². The van der Waals surface area contributed by atoms with Crippen LogP contribution in [0.25, 0.3) is 10.9 Å².